The Kier molecular flexibility index (Phi) is 10.3. The van der Waals surface area contributed by atoms with Gasteiger partial charge in [0.05, 0.1) is 13.5 Å². The molecule has 3 rings (SSSR count). The van der Waals surface area contributed by atoms with Crippen molar-refractivity contribution >= 4 is 23.4 Å². The minimum Gasteiger partial charge on any atom is -0.497 e. The zero-order chi connectivity index (χ0) is 25.9. The molecule has 0 spiro atoms. The number of hydrogen-bond acceptors (Lipinski definition) is 3. The summed E-state index contributed by atoms with van der Waals surface area (Å²) in [5.74, 6) is -0.548. The van der Waals surface area contributed by atoms with Gasteiger partial charge in [0.2, 0.25) is 11.8 Å². The predicted octanol–water partition coefficient (Wildman–Crippen LogP) is 5.59. The molecule has 3 aromatic rings. The van der Waals surface area contributed by atoms with Crippen LogP contribution >= 0.6 is 11.6 Å². The molecule has 190 valence electrons. The van der Waals surface area contributed by atoms with E-state index in [4.69, 9.17) is 16.3 Å². The maximum absolute atomic E-state index is 14.6. The van der Waals surface area contributed by atoms with Gasteiger partial charge in [0.25, 0.3) is 0 Å². The van der Waals surface area contributed by atoms with Gasteiger partial charge in [-0.15, -0.1) is 0 Å². The summed E-state index contributed by atoms with van der Waals surface area (Å²) in [6.07, 6.45) is 1.82. The quantitative estimate of drug-likeness (QED) is 0.323. The standard InChI is InChI=1S/C29H32ClFN2O3/c1-3-4-16-32-29(35)27(18-21-10-6-5-7-11-21)33(20-22-12-8-13-23(17-22)36-2)28(34)19-24-25(30)14-9-15-26(24)31/h5-15,17,27H,3-4,16,18-20H2,1-2H3,(H,32,35)/t27-/m1/s1. The predicted molar refractivity (Wildman–Crippen MR) is 141 cm³/mol. The van der Waals surface area contributed by atoms with Gasteiger partial charge in [0.1, 0.15) is 17.6 Å². The fourth-order valence-corrected chi connectivity index (χ4v) is 4.21. The molecule has 0 unspecified atom stereocenters. The van der Waals surface area contributed by atoms with Crippen LogP contribution in [0.3, 0.4) is 0 Å². The average molecular weight is 511 g/mol. The Labute approximate surface area is 217 Å². The second-order valence-electron chi connectivity index (χ2n) is 8.60. The van der Waals surface area contributed by atoms with E-state index in [-0.39, 0.29) is 29.5 Å². The van der Waals surface area contributed by atoms with Crippen LogP contribution in [0.25, 0.3) is 0 Å². The highest BCUT2D eigenvalue weighted by molar-refractivity contribution is 6.31. The summed E-state index contributed by atoms with van der Waals surface area (Å²) in [6, 6.07) is 20.4. The third-order valence-electron chi connectivity index (χ3n) is 5.98. The van der Waals surface area contributed by atoms with Crippen molar-refractivity contribution < 1.29 is 18.7 Å². The van der Waals surface area contributed by atoms with Crippen LogP contribution in [-0.2, 0) is 29.0 Å². The lowest BCUT2D eigenvalue weighted by atomic mass is 10.0. The molecule has 0 saturated carbocycles. The summed E-state index contributed by atoms with van der Waals surface area (Å²) in [5.41, 5.74) is 1.83. The van der Waals surface area contributed by atoms with Crippen molar-refractivity contribution in [2.45, 2.75) is 45.2 Å². The summed E-state index contributed by atoms with van der Waals surface area (Å²) < 4.78 is 19.9. The summed E-state index contributed by atoms with van der Waals surface area (Å²) in [7, 11) is 1.57. The van der Waals surface area contributed by atoms with Gasteiger partial charge in [0, 0.05) is 30.1 Å². The van der Waals surface area contributed by atoms with Gasteiger partial charge in [-0.3, -0.25) is 9.59 Å². The number of halogens is 2. The minimum absolute atomic E-state index is 0.115. The number of nitrogens with one attached hydrogen (secondary N) is 1. The lowest BCUT2D eigenvalue weighted by molar-refractivity contribution is -0.140. The molecule has 0 aliphatic rings. The van der Waals surface area contributed by atoms with Crippen molar-refractivity contribution in [3.63, 3.8) is 0 Å². The summed E-state index contributed by atoms with van der Waals surface area (Å²) >= 11 is 6.23. The number of carbonyl (C=O) groups is 2. The maximum Gasteiger partial charge on any atom is 0.243 e. The van der Waals surface area contributed by atoms with E-state index in [1.54, 1.807) is 13.2 Å². The second-order valence-corrected chi connectivity index (χ2v) is 9.01. The number of carbonyl (C=O) groups excluding carboxylic acids is 2. The Bertz CT molecular complexity index is 1140. The normalized spacial score (nSPS) is 11.6. The van der Waals surface area contributed by atoms with Gasteiger partial charge < -0.3 is 15.0 Å². The highest BCUT2D eigenvalue weighted by Crippen LogP contribution is 2.23. The van der Waals surface area contributed by atoms with Crippen LogP contribution in [0, 0.1) is 5.82 Å². The van der Waals surface area contributed by atoms with Crippen LogP contribution in [0.1, 0.15) is 36.5 Å². The first-order chi connectivity index (χ1) is 17.4. The number of ether oxygens (including phenoxy) is 1. The third kappa shape index (κ3) is 7.56. The lowest BCUT2D eigenvalue weighted by Crippen LogP contribution is -2.51. The molecule has 0 bridgehead atoms. The van der Waals surface area contributed by atoms with Crippen molar-refractivity contribution in [2.75, 3.05) is 13.7 Å². The molecule has 0 aromatic heterocycles. The Balaban J connectivity index is 1.99. The molecule has 36 heavy (non-hydrogen) atoms. The molecule has 0 aliphatic heterocycles. The van der Waals surface area contributed by atoms with E-state index < -0.39 is 17.8 Å². The molecule has 0 heterocycles. The smallest absolute Gasteiger partial charge is 0.243 e. The van der Waals surface area contributed by atoms with Crippen molar-refractivity contribution in [3.8, 4) is 5.75 Å². The van der Waals surface area contributed by atoms with E-state index in [0.29, 0.717) is 18.7 Å². The van der Waals surface area contributed by atoms with E-state index in [0.717, 1.165) is 24.0 Å². The molecule has 0 saturated heterocycles. The van der Waals surface area contributed by atoms with E-state index in [9.17, 15) is 14.0 Å². The van der Waals surface area contributed by atoms with Gasteiger partial charge >= 0.3 is 0 Å². The molecular weight excluding hydrogens is 479 g/mol. The highest BCUT2D eigenvalue weighted by atomic mass is 35.5. The zero-order valence-electron chi connectivity index (χ0n) is 20.7. The molecule has 0 aliphatic carbocycles. The first-order valence-electron chi connectivity index (χ1n) is 12.1. The van der Waals surface area contributed by atoms with Crippen LogP contribution in [-0.4, -0.2) is 36.4 Å². The molecule has 0 fully saturated rings. The van der Waals surface area contributed by atoms with Gasteiger partial charge in [-0.25, -0.2) is 4.39 Å². The second kappa shape index (κ2) is 13.6. The molecule has 0 radical (unpaired) electrons. The van der Waals surface area contributed by atoms with Gasteiger partial charge in [-0.1, -0.05) is 73.5 Å². The molecule has 1 N–H and O–H groups in total. The Morgan fingerprint density at radius 2 is 1.75 bits per heavy atom. The minimum atomic E-state index is -0.798. The molecule has 3 aromatic carbocycles. The number of rotatable bonds is 12. The molecule has 1 atom stereocenters. The van der Waals surface area contributed by atoms with Crippen molar-refractivity contribution in [1.82, 2.24) is 10.2 Å². The third-order valence-corrected chi connectivity index (χ3v) is 6.33. The fourth-order valence-electron chi connectivity index (χ4n) is 3.98. The molecule has 7 heteroatoms. The topological polar surface area (TPSA) is 58.6 Å². The SMILES string of the molecule is CCCCNC(=O)[C@@H](Cc1ccccc1)N(Cc1cccc(OC)c1)C(=O)Cc1c(F)cccc1Cl. The maximum atomic E-state index is 14.6. The van der Waals surface area contributed by atoms with Gasteiger partial charge in [0.15, 0.2) is 0 Å². The van der Waals surface area contributed by atoms with Crippen LogP contribution < -0.4 is 10.1 Å². The van der Waals surface area contributed by atoms with Gasteiger partial charge in [-0.2, -0.15) is 0 Å². The highest BCUT2D eigenvalue weighted by Gasteiger charge is 2.31. The number of amides is 2. The zero-order valence-corrected chi connectivity index (χ0v) is 21.4. The largest absolute Gasteiger partial charge is 0.497 e. The number of methoxy groups -OCH3 is 1. The van der Waals surface area contributed by atoms with Crippen molar-refractivity contribution in [3.05, 3.63) is 100 Å². The average Bonchev–Trinajstić information content (AvgIpc) is 2.89. The number of hydrogen-bond donors (Lipinski definition) is 1. The Morgan fingerprint density at radius 1 is 1.03 bits per heavy atom. The van der Waals surface area contributed by atoms with E-state index in [1.165, 1.54) is 17.0 Å². The Hall–Kier alpha value is -3.38. The number of unbranched alkanes of at least 4 members (excludes halogenated alkanes) is 1. The fraction of sp³-hybridized carbons (Fsp3) is 0.310. The first-order valence-corrected chi connectivity index (χ1v) is 12.5. The first kappa shape index (κ1) is 27.2. The van der Waals surface area contributed by atoms with Crippen molar-refractivity contribution in [1.29, 1.82) is 0 Å². The van der Waals surface area contributed by atoms with Gasteiger partial charge in [-0.05, 0) is 41.8 Å². The lowest BCUT2D eigenvalue weighted by Gasteiger charge is -2.32. The van der Waals surface area contributed by atoms with Crippen molar-refractivity contribution in [2.24, 2.45) is 0 Å². The van der Waals surface area contributed by atoms with E-state index >= 15 is 0 Å². The molecule has 2 amide bonds. The summed E-state index contributed by atoms with van der Waals surface area (Å²) in [5, 5.41) is 3.15. The summed E-state index contributed by atoms with van der Waals surface area (Å²) in [6.45, 7) is 2.71. The van der Waals surface area contributed by atoms with Crippen LogP contribution in [0.2, 0.25) is 5.02 Å². The van der Waals surface area contributed by atoms with Crippen LogP contribution in [0.4, 0.5) is 4.39 Å². The summed E-state index contributed by atoms with van der Waals surface area (Å²) in [4.78, 5) is 28.7. The Morgan fingerprint density at radius 3 is 2.44 bits per heavy atom. The van der Waals surface area contributed by atoms with E-state index in [1.807, 2.05) is 61.5 Å². The van der Waals surface area contributed by atoms with Crippen LogP contribution in [0.5, 0.6) is 5.75 Å². The monoisotopic (exact) mass is 510 g/mol. The number of benzene rings is 3. The number of nitrogens with zero attached hydrogens (tertiary/aromatic N) is 1. The van der Waals surface area contributed by atoms with Crippen LogP contribution in [0.15, 0.2) is 72.8 Å². The molecule has 5 nitrogen and oxygen atoms in total. The van der Waals surface area contributed by atoms with E-state index in [2.05, 4.69) is 5.32 Å². The molecular formula is C29H32ClFN2O3.